The molecule has 1 aliphatic rings. The molecule has 0 atom stereocenters. The molecule has 1 N–H and O–H groups in total. The van der Waals surface area contributed by atoms with Crippen molar-refractivity contribution in [1.82, 2.24) is 9.97 Å². The molecule has 0 saturated carbocycles. The van der Waals surface area contributed by atoms with E-state index in [4.69, 9.17) is 9.47 Å². The second kappa shape index (κ2) is 4.48. The lowest BCUT2D eigenvalue weighted by molar-refractivity contribution is 0.174. The van der Waals surface area contributed by atoms with Gasteiger partial charge in [0.05, 0.1) is 0 Å². The minimum Gasteiger partial charge on any atom is -0.454 e. The molecule has 6 heteroatoms. The molecule has 2 heterocycles. The van der Waals surface area contributed by atoms with Crippen LogP contribution in [-0.2, 0) is 6.54 Å². The Morgan fingerprint density at radius 2 is 2.06 bits per heavy atom. The third-order valence-corrected chi connectivity index (χ3v) is 2.54. The van der Waals surface area contributed by atoms with Crippen molar-refractivity contribution in [3.8, 4) is 11.5 Å². The summed E-state index contributed by atoms with van der Waals surface area (Å²) in [4.78, 5) is 7.30. The number of rotatable bonds is 3. The Balaban J connectivity index is 1.70. The first-order valence-corrected chi connectivity index (χ1v) is 5.41. The maximum atomic E-state index is 12.8. The molecule has 0 aliphatic carbocycles. The van der Waals surface area contributed by atoms with Gasteiger partial charge in [-0.25, -0.2) is 9.97 Å². The molecule has 0 saturated heterocycles. The van der Waals surface area contributed by atoms with E-state index in [9.17, 15) is 4.39 Å². The van der Waals surface area contributed by atoms with Crippen molar-refractivity contribution in [3.05, 3.63) is 42.1 Å². The fraction of sp³-hybridized carbons (Fsp3) is 0.167. The quantitative estimate of drug-likeness (QED) is 0.840. The first kappa shape index (κ1) is 10.8. The number of nitrogens with one attached hydrogen (secondary N) is 1. The first-order valence-electron chi connectivity index (χ1n) is 5.41. The number of hydrogen-bond acceptors (Lipinski definition) is 5. The molecule has 1 aliphatic heterocycles. The normalized spacial score (nSPS) is 12.5. The Morgan fingerprint density at radius 1 is 1.17 bits per heavy atom. The Morgan fingerprint density at radius 3 is 2.94 bits per heavy atom. The molecule has 18 heavy (non-hydrogen) atoms. The standard InChI is InChI=1S/C12H10FN3O2/c13-11-4-12(16-6-15-11)14-5-8-1-2-9-10(3-8)18-7-17-9/h1-4,6H,5,7H2,(H,14,15,16). The van der Waals surface area contributed by atoms with Crippen LogP contribution in [-0.4, -0.2) is 16.8 Å². The molecule has 1 aromatic carbocycles. The maximum absolute atomic E-state index is 12.8. The van der Waals surface area contributed by atoms with E-state index < -0.39 is 5.95 Å². The Kier molecular flexibility index (Phi) is 2.68. The van der Waals surface area contributed by atoms with Gasteiger partial charge in [0.15, 0.2) is 11.5 Å². The van der Waals surface area contributed by atoms with Gasteiger partial charge in [-0.3, -0.25) is 0 Å². The summed E-state index contributed by atoms with van der Waals surface area (Å²) in [6.45, 7) is 0.774. The van der Waals surface area contributed by atoms with Crippen molar-refractivity contribution in [2.45, 2.75) is 6.54 Å². The van der Waals surface area contributed by atoms with Gasteiger partial charge in [0.2, 0.25) is 12.7 Å². The van der Waals surface area contributed by atoms with E-state index in [0.717, 1.165) is 17.1 Å². The summed E-state index contributed by atoms with van der Waals surface area (Å²) in [5.41, 5.74) is 0.998. The number of aromatic nitrogens is 2. The van der Waals surface area contributed by atoms with Crippen molar-refractivity contribution in [2.24, 2.45) is 0 Å². The van der Waals surface area contributed by atoms with Crippen LogP contribution in [0.3, 0.4) is 0 Å². The van der Waals surface area contributed by atoms with Crippen LogP contribution in [0.15, 0.2) is 30.6 Å². The predicted octanol–water partition coefficient (Wildman–Crippen LogP) is 1.96. The Labute approximate surface area is 103 Å². The van der Waals surface area contributed by atoms with Gasteiger partial charge in [0.1, 0.15) is 12.1 Å². The van der Waals surface area contributed by atoms with Crippen molar-refractivity contribution in [1.29, 1.82) is 0 Å². The number of hydrogen-bond donors (Lipinski definition) is 1. The lowest BCUT2D eigenvalue weighted by Crippen LogP contribution is -2.02. The number of fused-ring (bicyclic) bond motifs is 1. The van der Waals surface area contributed by atoms with Gasteiger partial charge in [0.25, 0.3) is 0 Å². The van der Waals surface area contributed by atoms with Crippen molar-refractivity contribution >= 4 is 5.82 Å². The van der Waals surface area contributed by atoms with E-state index in [1.807, 2.05) is 18.2 Å². The molecule has 0 bridgehead atoms. The highest BCUT2D eigenvalue weighted by Gasteiger charge is 2.12. The van der Waals surface area contributed by atoms with Crippen LogP contribution in [0.25, 0.3) is 0 Å². The van der Waals surface area contributed by atoms with Crippen LogP contribution in [0.4, 0.5) is 10.2 Å². The van der Waals surface area contributed by atoms with Crippen LogP contribution in [0, 0.1) is 5.95 Å². The molecule has 0 radical (unpaired) electrons. The zero-order valence-corrected chi connectivity index (χ0v) is 9.39. The van der Waals surface area contributed by atoms with E-state index >= 15 is 0 Å². The fourth-order valence-corrected chi connectivity index (χ4v) is 1.67. The van der Waals surface area contributed by atoms with Gasteiger partial charge >= 0.3 is 0 Å². The van der Waals surface area contributed by atoms with E-state index in [2.05, 4.69) is 15.3 Å². The summed E-state index contributed by atoms with van der Waals surface area (Å²) >= 11 is 0. The lowest BCUT2D eigenvalue weighted by atomic mass is 10.2. The molecule has 0 fully saturated rings. The summed E-state index contributed by atoms with van der Waals surface area (Å²) in [6.07, 6.45) is 1.18. The SMILES string of the molecule is Fc1cc(NCc2ccc3c(c2)OCO3)ncn1. The second-order valence-corrected chi connectivity index (χ2v) is 3.77. The molecule has 3 rings (SSSR count). The molecule has 2 aromatic rings. The smallest absolute Gasteiger partial charge is 0.231 e. The van der Waals surface area contributed by atoms with Crippen LogP contribution in [0.2, 0.25) is 0 Å². The van der Waals surface area contributed by atoms with E-state index in [0.29, 0.717) is 12.4 Å². The number of nitrogens with zero attached hydrogens (tertiary/aromatic N) is 2. The molecule has 0 amide bonds. The Bertz CT molecular complexity index is 577. The summed E-state index contributed by atoms with van der Waals surface area (Å²) in [6, 6.07) is 6.89. The van der Waals surface area contributed by atoms with E-state index in [1.54, 1.807) is 0 Å². The van der Waals surface area contributed by atoms with Crippen LogP contribution in [0.1, 0.15) is 5.56 Å². The Hall–Kier alpha value is -2.37. The number of ether oxygens (including phenoxy) is 2. The van der Waals surface area contributed by atoms with Crippen molar-refractivity contribution < 1.29 is 13.9 Å². The molecule has 92 valence electrons. The third kappa shape index (κ3) is 2.17. The number of halogens is 1. The summed E-state index contributed by atoms with van der Waals surface area (Å²) in [5, 5.41) is 3.01. The van der Waals surface area contributed by atoms with Crippen molar-refractivity contribution in [2.75, 3.05) is 12.1 Å². The summed E-state index contributed by atoms with van der Waals surface area (Å²) in [5.74, 6) is 1.35. The van der Waals surface area contributed by atoms with Gasteiger partial charge in [-0.15, -0.1) is 0 Å². The van der Waals surface area contributed by atoms with Gasteiger partial charge in [-0.2, -0.15) is 4.39 Å². The zero-order valence-electron chi connectivity index (χ0n) is 9.39. The number of benzene rings is 1. The predicted molar refractivity (Wildman–Crippen MR) is 61.9 cm³/mol. The lowest BCUT2D eigenvalue weighted by Gasteiger charge is -2.06. The van der Waals surface area contributed by atoms with Crippen LogP contribution >= 0.6 is 0 Å². The van der Waals surface area contributed by atoms with Gasteiger partial charge in [0, 0.05) is 12.6 Å². The molecular formula is C12H10FN3O2. The highest BCUT2D eigenvalue weighted by Crippen LogP contribution is 2.32. The molecule has 1 aromatic heterocycles. The minimum absolute atomic E-state index is 0.253. The maximum Gasteiger partial charge on any atom is 0.231 e. The number of anilines is 1. The van der Waals surface area contributed by atoms with Gasteiger partial charge in [-0.05, 0) is 17.7 Å². The molecular weight excluding hydrogens is 237 g/mol. The van der Waals surface area contributed by atoms with Crippen molar-refractivity contribution in [3.63, 3.8) is 0 Å². The highest BCUT2D eigenvalue weighted by molar-refractivity contribution is 5.45. The zero-order chi connectivity index (χ0) is 12.4. The van der Waals surface area contributed by atoms with Crippen LogP contribution in [0.5, 0.6) is 11.5 Å². The summed E-state index contributed by atoms with van der Waals surface area (Å²) in [7, 11) is 0. The van der Waals surface area contributed by atoms with E-state index in [-0.39, 0.29) is 6.79 Å². The highest BCUT2D eigenvalue weighted by atomic mass is 19.1. The third-order valence-electron chi connectivity index (χ3n) is 2.54. The average Bonchev–Trinajstić information content (AvgIpc) is 2.84. The topological polar surface area (TPSA) is 56.3 Å². The first-order chi connectivity index (χ1) is 8.81. The largest absolute Gasteiger partial charge is 0.454 e. The van der Waals surface area contributed by atoms with Gasteiger partial charge in [-0.1, -0.05) is 6.07 Å². The summed E-state index contributed by atoms with van der Waals surface area (Å²) < 4.78 is 23.3. The second-order valence-electron chi connectivity index (χ2n) is 3.77. The van der Waals surface area contributed by atoms with Crippen LogP contribution < -0.4 is 14.8 Å². The monoisotopic (exact) mass is 247 g/mol. The minimum atomic E-state index is -0.557. The molecule has 0 spiro atoms. The molecule has 0 unspecified atom stereocenters. The fourth-order valence-electron chi connectivity index (χ4n) is 1.67. The van der Waals surface area contributed by atoms with Gasteiger partial charge < -0.3 is 14.8 Å². The average molecular weight is 247 g/mol. The molecule has 5 nitrogen and oxygen atoms in total. The van der Waals surface area contributed by atoms with E-state index in [1.165, 1.54) is 12.4 Å².